The lowest BCUT2D eigenvalue weighted by molar-refractivity contribution is 0.620. The average Bonchev–Trinajstić information content (AvgIpc) is 3.65. The maximum absolute atomic E-state index is 6.03. The summed E-state index contributed by atoms with van der Waals surface area (Å²) in [5.74, 6) is 1.52. The number of benzene rings is 7. The zero-order valence-corrected chi connectivity index (χ0v) is 28.3. The maximum Gasteiger partial charge on any atom is 0.227 e. The van der Waals surface area contributed by atoms with E-state index in [4.69, 9.17) is 9.41 Å². The van der Waals surface area contributed by atoms with Crippen LogP contribution < -0.4 is 5.32 Å². The van der Waals surface area contributed by atoms with Crippen molar-refractivity contribution in [2.45, 2.75) is 19.4 Å². The van der Waals surface area contributed by atoms with Crippen molar-refractivity contribution in [2.75, 3.05) is 0 Å². The molecule has 9 rings (SSSR count). The summed E-state index contributed by atoms with van der Waals surface area (Å²) in [6, 6.07) is 59.6. The summed E-state index contributed by atoms with van der Waals surface area (Å²) in [4.78, 5) is 10.0. The average molecular weight is 658 g/mol. The molecule has 0 amide bonds. The van der Waals surface area contributed by atoms with Gasteiger partial charge in [0.1, 0.15) is 11.4 Å². The summed E-state index contributed by atoms with van der Waals surface area (Å²) >= 11 is 0. The highest BCUT2D eigenvalue weighted by Crippen LogP contribution is 2.39. The number of hydrogen-bond donors (Lipinski definition) is 1. The lowest BCUT2D eigenvalue weighted by Gasteiger charge is -2.30. The highest BCUT2D eigenvalue weighted by atomic mass is 16.3. The van der Waals surface area contributed by atoms with Gasteiger partial charge in [-0.1, -0.05) is 146 Å². The first-order valence-electron chi connectivity index (χ1n) is 17.5. The second-order valence-electron chi connectivity index (χ2n) is 12.9. The van der Waals surface area contributed by atoms with Crippen LogP contribution in [-0.2, 0) is 0 Å². The van der Waals surface area contributed by atoms with Crippen LogP contribution in [0.1, 0.15) is 36.1 Å². The van der Waals surface area contributed by atoms with Crippen molar-refractivity contribution in [3.05, 3.63) is 192 Å². The number of para-hydroxylation sites is 2. The Bertz CT molecular complexity index is 2550. The minimum Gasteiger partial charge on any atom is -0.436 e. The van der Waals surface area contributed by atoms with E-state index >= 15 is 0 Å². The van der Waals surface area contributed by atoms with E-state index in [0.717, 1.165) is 56.9 Å². The van der Waals surface area contributed by atoms with Crippen molar-refractivity contribution in [3.8, 4) is 33.7 Å². The van der Waals surface area contributed by atoms with E-state index in [9.17, 15) is 0 Å². The van der Waals surface area contributed by atoms with Crippen LogP contribution in [0, 0.1) is 0 Å². The number of amidine groups is 1. The van der Waals surface area contributed by atoms with Crippen molar-refractivity contribution >= 4 is 33.4 Å². The molecule has 244 valence electrons. The van der Waals surface area contributed by atoms with Crippen LogP contribution in [0.5, 0.6) is 0 Å². The second-order valence-corrected chi connectivity index (χ2v) is 12.9. The smallest absolute Gasteiger partial charge is 0.227 e. The first kappa shape index (κ1) is 30.5. The monoisotopic (exact) mass is 657 g/mol. The lowest BCUT2D eigenvalue weighted by Crippen LogP contribution is -2.34. The normalized spacial score (nSPS) is 14.5. The lowest BCUT2D eigenvalue weighted by atomic mass is 9.89. The molecule has 4 heteroatoms. The van der Waals surface area contributed by atoms with Crippen LogP contribution >= 0.6 is 0 Å². The molecule has 0 saturated carbocycles. The van der Waals surface area contributed by atoms with Gasteiger partial charge >= 0.3 is 0 Å². The molecule has 1 aliphatic rings. The summed E-state index contributed by atoms with van der Waals surface area (Å²) in [7, 11) is 0. The van der Waals surface area contributed by atoms with Crippen molar-refractivity contribution in [1.82, 2.24) is 10.3 Å². The van der Waals surface area contributed by atoms with Crippen molar-refractivity contribution in [2.24, 2.45) is 4.99 Å². The number of nitrogens with one attached hydrogen (secondary N) is 1. The molecule has 0 radical (unpaired) electrons. The number of aliphatic imine (C=N–C) groups is 1. The summed E-state index contributed by atoms with van der Waals surface area (Å²) in [5, 5.41) is 6.20. The zero-order valence-electron chi connectivity index (χ0n) is 28.3. The van der Waals surface area contributed by atoms with Gasteiger partial charge in [-0.05, 0) is 80.9 Å². The van der Waals surface area contributed by atoms with Gasteiger partial charge in [0.15, 0.2) is 5.58 Å². The van der Waals surface area contributed by atoms with Gasteiger partial charge in [0, 0.05) is 16.7 Å². The predicted octanol–water partition coefficient (Wildman–Crippen LogP) is 11.9. The van der Waals surface area contributed by atoms with Gasteiger partial charge < -0.3 is 9.73 Å². The summed E-state index contributed by atoms with van der Waals surface area (Å²) in [5.41, 5.74) is 13.0. The molecule has 0 saturated heterocycles. The fourth-order valence-corrected chi connectivity index (χ4v) is 7.31. The van der Waals surface area contributed by atoms with Gasteiger partial charge in [0.25, 0.3) is 0 Å². The van der Waals surface area contributed by atoms with Crippen molar-refractivity contribution in [1.29, 1.82) is 0 Å². The molecule has 1 atom stereocenters. The molecule has 4 nitrogen and oxygen atoms in total. The standard InChI is InChI=1S/C47H35N3O/c1-2-37-44(32-14-5-3-6-15-32)49-46(33-16-7-4-8-17-33)50-45(37)36-19-11-18-35(30-36)39-21-13-22-40-38(20-12-23-41(39)40)31-26-28-34(29-27-31)47-48-42-24-9-10-25-43(42)51-47/h3-30,44H,2H2,1H3,(H,49,50). The molecule has 0 spiro atoms. The van der Waals surface area contributed by atoms with E-state index in [0.29, 0.717) is 5.89 Å². The first-order chi connectivity index (χ1) is 25.2. The molecule has 1 aromatic heterocycles. The molecule has 51 heavy (non-hydrogen) atoms. The van der Waals surface area contributed by atoms with E-state index in [1.54, 1.807) is 0 Å². The third kappa shape index (κ3) is 5.71. The fourth-order valence-electron chi connectivity index (χ4n) is 7.31. The number of fused-ring (bicyclic) bond motifs is 2. The Balaban J connectivity index is 1.11. The van der Waals surface area contributed by atoms with E-state index in [2.05, 4.69) is 157 Å². The molecule has 1 N–H and O–H groups in total. The van der Waals surface area contributed by atoms with E-state index in [1.165, 1.54) is 33.0 Å². The van der Waals surface area contributed by atoms with Gasteiger partial charge in [0.05, 0.1) is 11.7 Å². The molecular formula is C47H35N3O. The van der Waals surface area contributed by atoms with Crippen molar-refractivity contribution < 1.29 is 4.42 Å². The Hall–Kier alpha value is -6.52. The molecule has 1 aliphatic heterocycles. The highest BCUT2D eigenvalue weighted by Gasteiger charge is 2.26. The van der Waals surface area contributed by atoms with Gasteiger partial charge in [-0.15, -0.1) is 0 Å². The Morgan fingerprint density at radius 2 is 1.16 bits per heavy atom. The number of aromatic nitrogens is 1. The van der Waals surface area contributed by atoms with E-state index < -0.39 is 0 Å². The Labute approximate surface area is 297 Å². The van der Waals surface area contributed by atoms with Crippen LogP contribution in [0.15, 0.2) is 185 Å². The first-order valence-corrected chi connectivity index (χ1v) is 17.5. The highest BCUT2D eigenvalue weighted by molar-refractivity contribution is 6.06. The largest absolute Gasteiger partial charge is 0.436 e. The van der Waals surface area contributed by atoms with Gasteiger partial charge in [-0.25, -0.2) is 9.98 Å². The van der Waals surface area contributed by atoms with Crippen LogP contribution in [-0.4, -0.2) is 10.8 Å². The van der Waals surface area contributed by atoms with Crippen LogP contribution in [0.4, 0.5) is 0 Å². The molecule has 0 aliphatic carbocycles. The van der Waals surface area contributed by atoms with Crippen LogP contribution in [0.25, 0.3) is 61.3 Å². The molecular weight excluding hydrogens is 623 g/mol. The van der Waals surface area contributed by atoms with Gasteiger partial charge in [-0.3, -0.25) is 0 Å². The molecule has 8 aromatic rings. The third-order valence-electron chi connectivity index (χ3n) is 9.82. The summed E-state index contributed by atoms with van der Waals surface area (Å²) in [6.45, 7) is 2.23. The summed E-state index contributed by atoms with van der Waals surface area (Å²) in [6.07, 6.45) is 0.876. The zero-order chi connectivity index (χ0) is 34.1. The molecule has 1 unspecified atom stereocenters. The number of hydrogen-bond acceptors (Lipinski definition) is 4. The molecule has 0 bridgehead atoms. The van der Waals surface area contributed by atoms with E-state index in [1.807, 2.05) is 30.3 Å². The third-order valence-corrected chi connectivity index (χ3v) is 9.82. The van der Waals surface area contributed by atoms with Gasteiger partial charge in [-0.2, -0.15) is 0 Å². The fraction of sp³-hybridized carbons (Fsp3) is 0.0638. The number of nitrogens with zero attached hydrogens (tertiary/aromatic N) is 2. The molecule has 0 fully saturated rings. The minimum absolute atomic E-state index is 0.0247. The number of oxazole rings is 1. The summed E-state index contributed by atoms with van der Waals surface area (Å²) < 4.78 is 6.03. The SMILES string of the molecule is CCC1=C(c2cccc(-c3cccc4c(-c5ccc(-c6nc7ccccc7o6)cc5)cccc34)c2)N=C(c2ccccc2)NC1c1ccccc1. The second kappa shape index (κ2) is 13.1. The van der Waals surface area contributed by atoms with Crippen LogP contribution in [0.2, 0.25) is 0 Å². The Morgan fingerprint density at radius 3 is 1.88 bits per heavy atom. The quantitative estimate of drug-likeness (QED) is 0.186. The number of rotatable bonds is 7. The Kier molecular flexibility index (Phi) is 7.82. The molecule has 7 aromatic carbocycles. The topological polar surface area (TPSA) is 50.4 Å². The maximum atomic E-state index is 6.03. The van der Waals surface area contributed by atoms with E-state index in [-0.39, 0.29) is 6.04 Å². The van der Waals surface area contributed by atoms with Crippen molar-refractivity contribution in [3.63, 3.8) is 0 Å². The van der Waals surface area contributed by atoms with Crippen LogP contribution in [0.3, 0.4) is 0 Å². The minimum atomic E-state index is 0.0247. The van der Waals surface area contributed by atoms with Gasteiger partial charge in [0.2, 0.25) is 5.89 Å². The Morgan fingerprint density at radius 1 is 0.549 bits per heavy atom. The predicted molar refractivity (Wildman–Crippen MR) is 210 cm³/mol. The molecule has 2 heterocycles.